The summed E-state index contributed by atoms with van der Waals surface area (Å²) in [5.41, 5.74) is 0.373. The van der Waals surface area contributed by atoms with Gasteiger partial charge in [0.25, 0.3) is 0 Å². The van der Waals surface area contributed by atoms with E-state index >= 15 is 0 Å². The fourth-order valence-electron chi connectivity index (χ4n) is 2.37. The van der Waals surface area contributed by atoms with Gasteiger partial charge in [-0.15, -0.1) is 0 Å². The van der Waals surface area contributed by atoms with Gasteiger partial charge in [-0.2, -0.15) is 0 Å². The van der Waals surface area contributed by atoms with Crippen LogP contribution in [0.25, 0.3) is 0 Å². The summed E-state index contributed by atoms with van der Waals surface area (Å²) in [5, 5.41) is 3.11. The van der Waals surface area contributed by atoms with Crippen molar-refractivity contribution in [2.45, 2.75) is 51.7 Å². The van der Waals surface area contributed by atoms with E-state index in [1.165, 1.54) is 6.20 Å². The number of rotatable bonds is 2. The van der Waals surface area contributed by atoms with Gasteiger partial charge in [0.2, 0.25) is 0 Å². The molecular weight excluding hydrogens is 292 g/mol. The average Bonchev–Trinajstić information content (AvgIpc) is 2.77. The van der Waals surface area contributed by atoms with Crippen molar-refractivity contribution < 1.29 is 14.3 Å². The minimum absolute atomic E-state index is 0.372. The van der Waals surface area contributed by atoms with Gasteiger partial charge in [0, 0.05) is 12.2 Å². The van der Waals surface area contributed by atoms with Crippen LogP contribution in [0.15, 0.2) is 12.3 Å². The molecule has 1 N–H and O–H groups in total. The first-order valence-electron chi connectivity index (χ1n) is 7.00. The van der Waals surface area contributed by atoms with Crippen molar-refractivity contribution in [1.82, 2.24) is 4.98 Å². The first-order valence-corrected chi connectivity index (χ1v) is 7.37. The fourth-order valence-corrected chi connectivity index (χ4v) is 2.53. The number of carbonyl (C=O) groups excluding carboxylic acids is 1. The molecule has 1 aromatic rings. The van der Waals surface area contributed by atoms with Crippen molar-refractivity contribution in [3.63, 3.8) is 0 Å². The van der Waals surface area contributed by atoms with Crippen LogP contribution >= 0.6 is 11.6 Å². The zero-order valence-electron chi connectivity index (χ0n) is 12.8. The Hall–Kier alpha value is -1.33. The maximum atomic E-state index is 11.9. The second-order valence-electron chi connectivity index (χ2n) is 6.36. The van der Waals surface area contributed by atoms with Gasteiger partial charge in [-0.05, 0) is 46.6 Å². The summed E-state index contributed by atoms with van der Waals surface area (Å²) in [6.45, 7) is 8.13. The fraction of sp³-hybridized carbons (Fsp3) is 0.600. The van der Waals surface area contributed by atoms with Gasteiger partial charge in [0.1, 0.15) is 10.8 Å². The van der Waals surface area contributed by atoms with E-state index in [0.29, 0.717) is 17.4 Å². The van der Waals surface area contributed by atoms with E-state index in [0.717, 1.165) is 18.4 Å². The smallest absolute Gasteiger partial charge is 0.412 e. The summed E-state index contributed by atoms with van der Waals surface area (Å²) in [7, 11) is 0. The highest BCUT2D eigenvalue weighted by Crippen LogP contribution is 2.40. The molecule has 2 rings (SSSR count). The van der Waals surface area contributed by atoms with E-state index in [1.807, 2.05) is 27.7 Å². The number of aromatic nitrogens is 1. The lowest BCUT2D eigenvalue weighted by atomic mass is 9.92. The number of pyridine rings is 1. The molecule has 0 bridgehead atoms. The minimum atomic E-state index is -0.558. The molecule has 116 valence electrons. The molecule has 0 aliphatic carbocycles. The second kappa shape index (κ2) is 5.81. The summed E-state index contributed by atoms with van der Waals surface area (Å²) in [5.74, 6) is 0. The third-order valence-electron chi connectivity index (χ3n) is 3.29. The van der Waals surface area contributed by atoms with Crippen LogP contribution < -0.4 is 5.32 Å². The third-order valence-corrected chi connectivity index (χ3v) is 3.50. The molecule has 1 unspecified atom stereocenters. The Bertz CT molecular complexity index is 534. The van der Waals surface area contributed by atoms with Gasteiger partial charge in [-0.3, -0.25) is 5.32 Å². The molecule has 6 heteroatoms. The summed E-state index contributed by atoms with van der Waals surface area (Å²) in [6, 6.07) is 1.74. The second-order valence-corrected chi connectivity index (χ2v) is 6.75. The quantitative estimate of drug-likeness (QED) is 0.835. The summed E-state index contributed by atoms with van der Waals surface area (Å²) in [4.78, 5) is 16.0. The van der Waals surface area contributed by atoms with Gasteiger partial charge in [-0.1, -0.05) is 11.6 Å². The van der Waals surface area contributed by atoms with Gasteiger partial charge in [0.15, 0.2) is 0 Å². The predicted molar refractivity (Wildman–Crippen MR) is 81.6 cm³/mol. The van der Waals surface area contributed by atoms with E-state index < -0.39 is 17.3 Å². The molecule has 1 saturated heterocycles. The Morgan fingerprint density at radius 1 is 1.52 bits per heavy atom. The molecule has 0 aromatic carbocycles. The lowest BCUT2D eigenvalue weighted by Gasteiger charge is -2.27. The van der Waals surface area contributed by atoms with Gasteiger partial charge in [-0.25, -0.2) is 9.78 Å². The van der Waals surface area contributed by atoms with Crippen LogP contribution in [-0.4, -0.2) is 23.3 Å². The number of hydrogen-bond acceptors (Lipinski definition) is 4. The minimum Gasteiger partial charge on any atom is -0.444 e. The average molecular weight is 313 g/mol. The first kappa shape index (κ1) is 16.0. The van der Waals surface area contributed by atoms with E-state index in [2.05, 4.69) is 10.3 Å². The molecule has 1 atom stereocenters. The molecule has 0 spiro atoms. The number of anilines is 1. The molecule has 1 aromatic heterocycles. The number of carbonyl (C=O) groups is 1. The van der Waals surface area contributed by atoms with Crippen molar-refractivity contribution >= 4 is 23.4 Å². The Balaban J connectivity index is 2.25. The Labute approximate surface area is 130 Å². The zero-order valence-corrected chi connectivity index (χ0v) is 13.6. The van der Waals surface area contributed by atoms with Crippen LogP contribution in [0.1, 0.15) is 46.1 Å². The van der Waals surface area contributed by atoms with Crippen molar-refractivity contribution in [2.24, 2.45) is 0 Å². The largest absolute Gasteiger partial charge is 0.444 e. The number of nitrogens with one attached hydrogen (secondary N) is 1. The zero-order chi connectivity index (χ0) is 15.7. The highest BCUT2D eigenvalue weighted by molar-refractivity contribution is 6.29. The van der Waals surface area contributed by atoms with Crippen molar-refractivity contribution in [3.8, 4) is 0 Å². The number of nitrogens with zero attached hydrogens (tertiary/aromatic N) is 1. The number of hydrogen-bond donors (Lipinski definition) is 1. The lowest BCUT2D eigenvalue weighted by molar-refractivity contribution is 0.0173. The third kappa shape index (κ3) is 4.08. The molecule has 1 aliphatic rings. The van der Waals surface area contributed by atoms with Crippen LogP contribution in [0, 0.1) is 0 Å². The van der Waals surface area contributed by atoms with E-state index in [4.69, 9.17) is 21.1 Å². The summed E-state index contributed by atoms with van der Waals surface area (Å²) < 4.78 is 11.1. The Morgan fingerprint density at radius 3 is 2.81 bits per heavy atom. The Morgan fingerprint density at radius 2 is 2.24 bits per heavy atom. The van der Waals surface area contributed by atoms with Crippen LogP contribution in [0.5, 0.6) is 0 Å². The monoisotopic (exact) mass is 312 g/mol. The molecule has 2 heterocycles. The standard InChI is InChI=1S/C15H21ClN2O3/c1-14(2,3)21-13(19)18-11-9-17-12(16)8-10(11)15(4)6-5-7-20-15/h8-9H,5-7H2,1-4H3,(H,18,19). The molecule has 0 saturated carbocycles. The molecular formula is C15H21ClN2O3. The number of amides is 1. The van der Waals surface area contributed by atoms with E-state index in [-0.39, 0.29) is 0 Å². The first-order chi connectivity index (χ1) is 9.70. The molecule has 1 aliphatic heterocycles. The molecule has 1 fully saturated rings. The van der Waals surface area contributed by atoms with Crippen molar-refractivity contribution in [2.75, 3.05) is 11.9 Å². The maximum Gasteiger partial charge on any atom is 0.412 e. The SMILES string of the molecule is CC(C)(C)OC(=O)Nc1cnc(Cl)cc1C1(C)CCCO1. The summed E-state index contributed by atoms with van der Waals surface area (Å²) in [6.07, 6.45) is 2.86. The topological polar surface area (TPSA) is 60.5 Å². The molecule has 0 radical (unpaired) electrons. The highest BCUT2D eigenvalue weighted by atomic mass is 35.5. The van der Waals surface area contributed by atoms with Crippen LogP contribution in [0.2, 0.25) is 5.15 Å². The summed E-state index contributed by atoms with van der Waals surface area (Å²) >= 11 is 5.99. The van der Waals surface area contributed by atoms with Crippen LogP contribution in [-0.2, 0) is 15.1 Å². The maximum absolute atomic E-state index is 11.9. The van der Waals surface area contributed by atoms with E-state index in [9.17, 15) is 4.79 Å². The highest BCUT2D eigenvalue weighted by Gasteiger charge is 2.35. The van der Waals surface area contributed by atoms with Gasteiger partial charge >= 0.3 is 6.09 Å². The number of halogens is 1. The van der Waals surface area contributed by atoms with Crippen molar-refractivity contribution in [1.29, 1.82) is 0 Å². The van der Waals surface area contributed by atoms with Crippen LogP contribution in [0.4, 0.5) is 10.5 Å². The van der Waals surface area contributed by atoms with E-state index in [1.54, 1.807) is 6.07 Å². The van der Waals surface area contributed by atoms with Crippen molar-refractivity contribution in [3.05, 3.63) is 23.0 Å². The Kier molecular flexibility index (Phi) is 4.44. The predicted octanol–water partition coefficient (Wildman–Crippen LogP) is 4.11. The molecule has 5 nitrogen and oxygen atoms in total. The van der Waals surface area contributed by atoms with Gasteiger partial charge < -0.3 is 9.47 Å². The normalized spacial score (nSPS) is 22.1. The number of ether oxygens (including phenoxy) is 2. The van der Waals surface area contributed by atoms with Crippen LogP contribution in [0.3, 0.4) is 0 Å². The molecule has 1 amide bonds. The molecule has 21 heavy (non-hydrogen) atoms. The van der Waals surface area contributed by atoms with Gasteiger partial charge in [0.05, 0.1) is 17.5 Å². The lowest BCUT2D eigenvalue weighted by Crippen LogP contribution is -2.29.